The first-order valence-electron chi connectivity index (χ1n) is 14.2. The number of carbonyl (C=O) groups excluding carboxylic acids is 1. The zero-order valence-corrected chi connectivity index (χ0v) is 28.4. The van der Waals surface area contributed by atoms with Gasteiger partial charge in [0, 0.05) is 63.4 Å². The van der Waals surface area contributed by atoms with Crippen LogP contribution in [0.5, 0.6) is 11.5 Å². The number of nitrogens with one attached hydrogen (secondary N) is 1. The highest BCUT2D eigenvalue weighted by Crippen LogP contribution is 2.40. The number of aromatic nitrogens is 4. The number of nitrogens with zero attached hydrogens (tertiary/aromatic N) is 4. The smallest absolute Gasteiger partial charge is 0.251 e. The van der Waals surface area contributed by atoms with E-state index in [4.69, 9.17) is 14.5 Å². The van der Waals surface area contributed by atoms with Crippen molar-refractivity contribution in [2.45, 2.75) is 45.9 Å². The van der Waals surface area contributed by atoms with Crippen LogP contribution in [0.3, 0.4) is 0 Å². The van der Waals surface area contributed by atoms with E-state index < -0.39 is 19.7 Å². The van der Waals surface area contributed by atoms with Crippen molar-refractivity contribution in [1.82, 2.24) is 24.6 Å². The summed E-state index contributed by atoms with van der Waals surface area (Å²) in [5.74, 6) is -0.691. The van der Waals surface area contributed by atoms with Gasteiger partial charge in [0.25, 0.3) is 5.91 Å². The van der Waals surface area contributed by atoms with Crippen molar-refractivity contribution < 1.29 is 23.0 Å². The number of hydrogen-bond donors (Lipinski definition) is 1. The van der Waals surface area contributed by atoms with E-state index in [-0.39, 0.29) is 12.5 Å². The number of benzene rings is 2. The maximum absolute atomic E-state index is 13.6. The lowest BCUT2D eigenvalue weighted by Crippen LogP contribution is -2.23. The molecule has 0 aliphatic carbocycles. The van der Waals surface area contributed by atoms with Gasteiger partial charge in [-0.3, -0.25) is 9.48 Å². The van der Waals surface area contributed by atoms with Gasteiger partial charge < -0.3 is 19.4 Å². The van der Waals surface area contributed by atoms with Gasteiger partial charge in [-0.1, -0.05) is 25.7 Å². The molecule has 0 spiro atoms. The molecule has 0 saturated carbocycles. The van der Waals surface area contributed by atoms with Gasteiger partial charge in [-0.15, -0.1) is 0 Å². The van der Waals surface area contributed by atoms with E-state index in [1.54, 1.807) is 42.1 Å². The van der Waals surface area contributed by atoms with Crippen LogP contribution in [-0.2, 0) is 25.1 Å². The Balaban J connectivity index is 1.45. The molecule has 44 heavy (non-hydrogen) atoms. The van der Waals surface area contributed by atoms with E-state index in [1.165, 1.54) is 12.1 Å². The van der Waals surface area contributed by atoms with Crippen molar-refractivity contribution in [3.05, 3.63) is 93.0 Å². The molecule has 3 aromatic heterocycles. The quantitative estimate of drug-likeness (QED) is 0.0858. The van der Waals surface area contributed by atoms with Crippen LogP contribution >= 0.6 is 22.6 Å². The summed E-state index contributed by atoms with van der Waals surface area (Å²) in [4.78, 5) is 17.8. The molecule has 8 nitrogen and oxygen atoms in total. The van der Waals surface area contributed by atoms with Gasteiger partial charge in [-0.25, -0.2) is 13.8 Å². The van der Waals surface area contributed by atoms with Crippen molar-refractivity contribution in [2.24, 2.45) is 7.05 Å². The molecule has 0 saturated heterocycles. The highest BCUT2D eigenvalue weighted by atomic mass is 127. The van der Waals surface area contributed by atoms with Gasteiger partial charge in [-0.2, -0.15) is 5.10 Å². The maximum atomic E-state index is 13.6. The highest BCUT2D eigenvalue weighted by molar-refractivity contribution is 14.1. The summed E-state index contributed by atoms with van der Waals surface area (Å²) >= 11 is 2.32. The number of hydrogen-bond acceptors (Lipinski definition) is 5. The minimum absolute atomic E-state index is 0.0220. The van der Waals surface area contributed by atoms with E-state index in [1.807, 2.05) is 19.4 Å². The summed E-state index contributed by atoms with van der Waals surface area (Å²) in [5.41, 5.74) is 3.92. The normalized spacial score (nSPS) is 11.7. The zero-order valence-electron chi connectivity index (χ0n) is 25.2. The molecule has 0 atom stereocenters. The summed E-state index contributed by atoms with van der Waals surface area (Å²) < 4.78 is 44.6. The first kappa shape index (κ1) is 31.8. The summed E-state index contributed by atoms with van der Waals surface area (Å²) in [6.45, 7) is 9.74. The summed E-state index contributed by atoms with van der Waals surface area (Å²) in [7, 11) is 0.619. The Morgan fingerprint density at radius 1 is 1.09 bits per heavy atom. The molecule has 1 N–H and O–H groups in total. The molecule has 3 heterocycles. The standard InChI is InChI=1S/C32H34F2IN5O3Si/c1-20-25(32(41)37-16-21-13-23(33)15-24(34)14-21)7-6-8-26(20)43-27-9-10-36-31-28(27)29(35)30(22-17-38-39(2)18-22)40(31)19-42-11-12-44(3,4)5/h6-10,13-15,17-18H,11-12,16,19H2,1-5H3,(H,37,41). The maximum Gasteiger partial charge on any atom is 0.251 e. The second-order valence-electron chi connectivity index (χ2n) is 11.8. The molecule has 0 aliphatic heterocycles. The third kappa shape index (κ3) is 7.19. The molecule has 0 unspecified atom stereocenters. The summed E-state index contributed by atoms with van der Waals surface area (Å²) in [6, 6.07) is 11.2. The third-order valence-electron chi connectivity index (χ3n) is 7.16. The Kier molecular flexibility index (Phi) is 9.51. The molecule has 2 aromatic carbocycles. The average molecular weight is 730 g/mol. The average Bonchev–Trinajstić information content (AvgIpc) is 3.50. The number of amides is 1. The second kappa shape index (κ2) is 13.2. The van der Waals surface area contributed by atoms with E-state index in [9.17, 15) is 13.6 Å². The van der Waals surface area contributed by atoms with Gasteiger partial charge >= 0.3 is 0 Å². The first-order chi connectivity index (χ1) is 20.9. The largest absolute Gasteiger partial charge is 0.456 e. The molecule has 0 bridgehead atoms. The van der Waals surface area contributed by atoms with Crippen molar-refractivity contribution in [1.29, 1.82) is 0 Å². The molecule has 0 radical (unpaired) electrons. The predicted molar refractivity (Wildman–Crippen MR) is 178 cm³/mol. The fourth-order valence-corrected chi connectivity index (χ4v) is 6.70. The topological polar surface area (TPSA) is 83.2 Å². The molecule has 230 valence electrons. The van der Waals surface area contributed by atoms with Crippen LogP contribution in [-0.4, -0.2) is 39.9 Å². The van der Waals surface area contributed by atoms with E-state index in [0.29, 0.717) is 47.2 Å². The van der Waals surface area contributed by atoms with Crippen LogP contribution < -0.4 is 10.1 Å². The lowest BCUT2D eigenvalue weighted by molar-refractivity contribution is 0.0908. The molecule has 12 heteroatoms. The van der Waals surface area contributed by atoms with Crippen LogP contribution in [0.1, 0.15) is 21.5 Å². The number of rotatable bonds is 11. The van der Waals surface area contributed by atoms with Crippen LogP contribution in [0.4, 0.5) is 8.78 Å². The number of aryl methyl sites for hydroxylation is 1. The van der Waals surface area contributed by atoms with Gasteiger partial charge in [0.2, 0.25) is 0 Å². The SMILES string of the molecule is Cc1c(Oc2ccnc3c2c(I)c(-c2cnn(C)c2)n3COCC[Si](C)(C)C)cccc1C(=O)NCc1cc(F)cc(F)c1. The Bertz CT molecular complexity index is 1810. The number of fused-ring (bicyclic) bond motifs is 1. The number of ether oxygens (including phenoxy) is 2. The molecule has 0 fully saturated rings. The molecular formula is C32H34F2IN5O3Si. The minimum atomic E-state index is -1.26. The van der Waals surface area contributed by atoms with Crippen molar-refractivity contribution >= 4 is 47.6 Å². The molecule has 5 rings (SSSR count). The lowest BCUT2D eigenvalue weighted by Gasteiger charge is -2.16. The van der Waals surface area contributed by atoms with Crippen molar-refractivity contribution in [3.8, 4) is 22.8 Å². The summed E-state index contributed by atoms with van der Waals surface area (Å²) in [6.07, 6.45) is 5.48. The molecule has 1 amide bonds. The predicted octanol–water partition coefficient (Wildman–Crippen LogP) is 7.66. The number of carbonyl (C=O) groups is 1. The summed E-state index contributed by atoms with van der Waals surface area (Å²) in [5, 5.41) is 7.95. The van der Waals surface area contributed by atoms with Crippen molar-refractivity contribution in [2.75, 3.05) is 6.61 Å². The number of pyridine rings is 1. The van der Waals surface area contributed by atoms with Gasteiger partial charge in [0.15, 0.2) is 0 Å². The Labute approximate surface area is 269 Å². The van der Waals surface area contributed by atoms with E-state index in [0.717, 1.165) is 32.3 Å². The third-order valence-corrected chi connectivity index (χ3v) is 9.92. The lowest BCUT2D eigenvalue weighted by atomic mass is 10.1. The van der Waals surface area contributed by atoms with Crippen LogP contribution in [0.2, 0.25) is 25.7 Å². The Morgan fingerprint density at radius 2 is 1.84 bits per heavy atom. The van der Waals surface area contributed by atoms with Crippen LogP contribution in [0.15, 0.2) is 61.1 Å². The zero-order chi connectivity index (χ0) is 31.6. The van der Waals surface area contributed by atoms with E-state index >= 15 is 0 Å². The van der Waals surface area contributed by atoms with Crippen LogP contribution in [0, 0.1) is 22.1 Å². The van der Waals surface area contributed by atoms with Gasteiger partial charge in [-0.05, 0) is 71.5 Å². The second-order valence-corrected chi connectivity index (χ2v) is 18.5. The van der Waals surface area contributed by atoms with Crippen molar-refractivity contribution in [3.63, 3.8) is 0 Å². The molecule has 5 aromatic rings. The minimum Gasteiger partial charge on any atom is -0.456 e. The fourth-order valence-electron chi connectivity index (χ4n) is 4.84. The highest BCUT2D eigenvalue weighted by Gasteiger charge is 2.24. The Hall–Kier alpha value is -3.62. The molecular weight excluding hydrogens is 695 g/mol. The monoisotopic (exact) mass is 729 g/mol. The van der Waals surface area contributed by atoms with Gasteiger partial charge in [0.1, 0.15) is 35.5 Å². The number of halogens is 3. The first-order valence-corrected chi connectivity index (χ1v) is 18.9. The van der Waals surface area contributed by atoms with Crippen LogP contribution in [0.25, 0.3) is 22.3 Å². The van der Waals surface area contributed by atoms with Gasteiger partial charge in [0.05, 0.1) is 20.8 Å². The Morgan fingerprint density at radius 3 is 2.52 bits per heavy atom. The van der Waals surface area contributed by atoms with E-state index in [2.05, 4.69) is 57.2 Å². The molecule has 0 aliphatic rings. The fraction of sp³-hybridized carbons (Fsp3) is 0.281.